The van der Waals surface area contributed by atoms with E-state index in [1.54, 1.807) is 0 Å². The molecule has 0 aliphatic rings. The molecule has 102 valence electrons. The molecule has 20 heavy (non-hydrogen) atoms. The number of nitrogen functional groups attached to an aromatic ring is 1. The van der Waals surface area contributed by atoms with E-state index in [1.165, 1.54) is 28.8 Å². The molecule has 0 unspecified atom stereocenters. The average Bonchev–Trinajstić information content (AvgIpc) is 2.66. The number of nitrogens with two attached hydrogens (primary N) is 1. The predicted molar refractivity (Wildman–Crippen MR) is 78.1 cm³/mol. The minimum absolute atomic E-state index is 0.0683. The normalized spacial score (nSPS) is 11.2. The highest BCUT2D eigenvalue weighted by Gasteiger charge is 2.15. The topological polar surface area (TPSA) is 43.8 Å². The zero-order valence-corrected chi connectivity index (χ0v) is 12.2. The summed E-state index contributed by atoms with van der Waals surface area (Å²) in [5, 5.41) is 0.267. The maximum absolute atomic E-state index is 14.0. The molecule has 2 aromatic carbocycles. The zero-order chi connectivity index (χ0) is 14.4. The summed E-state index contributed by atoms with van der Waals surface area (Å²) in [6, 6.07) is 6.90. The third-order valence-corrected chi connectivity index (χ3v) is 3.72. The van der Waals surface area contributed by atoms with Crippen LogP contribution in [-0.4, -0.2) is 9.55 Å². The van der Waals surface area contributed by atoms with E-state index in [2.05, 4.69) is 20.9 Å². The second-order valence-electron chi connectivity index (χ2n) is 4.16. The number of nitrogens with zero attached hydrogens (tertiary/aromatic N) is 2. The standard InChI is InChI=1S/C13H7BrClF2N3/c14-7-4-10-12(5-8(7)16)20(13(18)19-10)11-2-1-6(15)3-9(11)17/h1-5H,(H2,18,19). The summed E-state index contributed by atoms with van der Waals surface area (Å²) >= 11 is 8.79. The summed E-state index contributed by atoms with van der Waals surface area (Å²) in [7, 11) is 0. The first-order valence-corrected chi connectivity index (χ1v) is 6.73. The average molecular weight is 359 g/mol. The van der Waals surface area contributed by atoms with E-state index < -0.39 is 11.6 Å². The Morgan fingerprint density at radius 2 is 1.90 bits per heavy atom. The van der Waals surface area contributed by atoms with Crippen molar-refractivity contribution in [2.24, 2.45) is 0 Å². The lowest BCUT2D eigenvalue weighted by Crippen LogP contribution is -2.03. The minimum atomic E-state index is -0.563. The summed E-state index contributed by atoms with van der Waals surface area (Å²) in [6.45, 7) is 0. The third-order valence-electron chi connectivity index (χ3n) is 2.87. The lowest BCUT2D eigenvalue weighted by atomic mass is 10.2. The molecule has 0 saturated heterocycles. The number of fused-ring (bicyclic) bond motifs is 1. The summed E-state index contributed by atoms with van der Waals surface area (Å²) in [5.41, 5.74) is 6.81. The van der Waals surface area contributed by atoms with Gasteiger partial charge in [-0.2, -0.15) is 0 Å². The van der Waals surface area contributed by atoms with E-state index in [-0.39, 0.29) is 21.1 Å². The smallest absolute Gasteiger partial charge is 0.206 e. The number of halogens is 4. The Balaban J connectivity index is 2.35. The molecule has 3 nitrogen and oxygen atoms in total. The Morgan fingerprint density at radius 3 is 2.60 bits per heavy atom. The maximum atomic E-state index is 14.0. The van der Waals surface area contributed by atoms with Gasteiger partial charge >= 0.3 is 0 Å². The number of imidazole rings is 1. The van der Waals surface area contributed by atoms with Crippen molar-refractivity contribution < 1.29 is 8.78 Å². The molecule has 0 spiro atoms. The first-order valence-electron chi connectivity index (χ1n) is 5.56. The van der Waals surface area contributed by atoms with E-state index in [4.69, 9.17) is 17.3 Å². The van der Waals surface area contributed by atoms with Gasteiger partial charge in [-0.15, -0.1) is 0 Å². The van der Waals surface area contributed by atoms with E-state index in [1.807, 2.05) is 0 Å². The van der Waals surface area contributed by atoms with Gasteiger partial charge in [0.05, 0.1) is 21.2 Å². The van der Waals surface area contributed by atoms with Gasteiger partial charge in [-0.05, 0) is 40.2 Å². The molecule has 0 fully saturated rings. The molecular formula is C13H7BrClF2N3. The Labute approximate surface area is 126 Å². The van der Waals surface area contributed by atoms with Crippen LogP contribution in [0.25, 0.3) is 16.7 Å². The second-order valence-corrected chi connectivity index (χ2v) is 5.45. The molecule has 0 atom stereocenters. The van der Waals surface area contributed by atoms with Crippen LogP contribution in [-0.2, 0) is 0 Å². The van der Waals surface area contributed by atoms with Crippen LogP contribution in [0.4, 0.5) is 14.7 Å². The highest BCUT2D eigenvalue weighted by atomic mass is 79.9. The lowest BCUT2D eigenvalue weighted by Gasteiger charge is -2.08. The molecule has 7 heteroatoms. The van der Waals surface area contributed by atoms with Crippen molar-refractivity contribution in [2.75, 3.05) is 5.73 Å². The van der Waals surface area contributed by atoms with Crippen molar-refractivity contribution in [1.82, 2.24) is 9.55 Å². The molecule has 0 aliphatic heterocycles. The highest BCUT2D eigenvalue weighted by molar-refractivity contribution is 9.10. The molecule has 0 amide bonds. The molecule has 2 N–H and O–H groups in total. The molecule has 1 aromatic heterocycles. The van der Waals surface area contributed by atoms with E-state index in [0.717, 1.165) is 6.07 Å². The fraction of sp³-hybridized carbons (Fsp3) is 0. The molecule has 3 rings (SSSR count). The monoisotopic (exact) mass is 357 g/mol. The summed E-state index contributed by atoms with van der Waals surface area (Å²) in [6.07, 6.45) is 0. The number of hydrogen-bond donors (Lipinski definition) is 1. The van der Waals surface area contributed by atoms with Crippen LogP contribution in [0.1, 0.15) is 0 Å². The van der Waals surface area contributed by atoms with Crippen LogP contribution >= 0.6 is 27.5 Å². The van der Waals surface area contributed by atoms with Gasteiger partial charge in [-0.1, -0.05) is 11.6 Å². The fourth-order valence-electron chi connectivity index (χ4n) is 2.01. The van der Waals surface area contributed by atoms with Gasteiger partial charge in [0.2, 0.25) is 5.95 Å². The first-order chi connectivity index (χ1) is 9.47. The fourth-order valence-corrected chi connectivity index (χ4v) is 2.50. The number of hydrogen-bond acceptors (Lipinski definition) is 2. The summed E-state index contributed by atoms with van der Waals surface area (Å²) in [5.74, 6) is -0.974. The van der Waals surface area contributed by atoms with Crippen LogP contribution in [0.15, 0.2) is 34.8 Å². The Bertz CT molecular complexity index is 832. The molecular weight excluding hydrogens is 352 g/mol. The Morgan fingerprint density at radius 1 is 1.15 bits per heavy atom. The Kier molecular flexibility index (Phi) is 3.14. The van der Waals surface area contributed by atoms with Crippen molar-refractivity contribution in [1.29, 1.82) is 0 Å². The van der Waals surface area contributed by atoms with Gasteiger partial charge in [0.1, 0.15) is 11.6 Å². The number of benzene rings is 2. The van der Waals surface area contributed by atoms with Gasteiger partial charge < -0.3 is 5.73 Å². The van der Waals surface area contributed by atoms with Gasteiger partial charge in [-0.25, -0.2) is 13.8 Å². The van der Waals surface area contributed by atoms with E-state index in [9.17, 15) is 8.78 Å². The lowest BCUT2D eigenvalue weighted by molar-refractivity contribution is 0.617. The van der Waals surface area contributed by atoms with Crippen molar-refractivity contribution >= 4 is 44.5 Å². The van der Waals surface area contributed by atoms with Crippen LogP contribution < -0.4 is 5.73 Å². The molecule has 0 saturated carbocycles. The number of rotatable bonds is 1. The van der Waals surface area contributed by atoms with Gasteiger partial charge in [-0.3, -0.25) is 4.57 Å². The van der Waals surface area contributed by atoms with Gasteiger partial charge in [0.15, 0.2) is 0 Å². The quantitative estimate of drug-likeness (QED) is 0.705. The second kappa shape index (κ2) is 4.71. The molecule has 0 radical (unpaired) electrons. The van der Waals surface area contributed by atoms with Crippen LogP contribution in [0.5, 0.6) is 0 Å². The minimum Gasteiger partial charge on any atom is -0.369 e. The largest absolute Gasteiger partial charge is 0.369 e. The van der Waals surface area contributed by atoms with Gasteiger partial charge in [0, 0.05) is 11.1 Å². The van der Waals surface area contributed by atoms with Crippen molar-refractivity contribution in [3.8, 4) is 5.69 Å². The molecule has 1 heterocycles. The summed E-state index contributed by atoms with van der Waals surface area (Å²) in [4.78, 5) is 4.10. The number of aromatic nitrogens is 2. The van der Waals surface area contributed by atoms with E-state index in [0.29, 0.717) is 11.0 Å². The predicted octanol–water partition coefficient (Wildman–Crippen LogP) is 4.30. The first kappa shape index (κ1) is 13.3. The van der Waals surface area contributed by atoms with Gasteiger partial charge in [0.25, 0.3) is 0 Å². The zero-order valence-electron chi connectivity index (χ0n) is 9.87. The molecule has 0 aliphatic carbocycles. The summed E-state index contributed by atoms with van der Waals surface area (Å²) < 4.78 is 29.3. The van der Waals surface area contributed by atoms with Crippen LogP contribution in [0.3, 0.4) is 0 Å². The Hall–Kier alpha value is -1.66. The number of anilines is 1. The molecule has 0 bridgehead atoms. The SMILES string of the molecule is Nc1nc2cc(Br)c(F)cc2n1-c1ccc(Cl)cc1F. The van der Waals surface area contributed by atoms with E-state index >= 15 is 0 Å². The van der Waals surface area contributed by atoms with Crippen LogP contribution in [0, 0.1) is 11.6 Å². The van der Waals surface area contributed by atoms with Crippen molar-refractivity contribution in [3.63, 3.8) is 0 Å². The van der Waals surface area contributed by atoms with Crippen molar-refractivity contribution in [2.45, 2.75) is 0 Å². The van der Waals surface area contributed by atoms with Crippen LogP contribution in [0.2, 0.25) is 5.02 Å². The third kappa shape index (κ3) is 2.05. The highest BCUT2D eigenvalue weighted by Crippen LogP contribution is 2.29. The maximum Gasteiger partial charge on any atom is 0.206 e. The molecule has 3 aromatic rings. The van der Waals surface area contributed by atoms with Crippen molar-refractivity contribution in [3.05, 3.63) is 51.5 Å².